The van der Waals surface area contributed by atoms with Crippen molar-refractivity contribution in [1.29, 1.82) is 10.5 Å². The zero-order valence-corrected chi connectivity index (χ0v) is 11.1. The van der Waals surface area contributed by atoms with Gasteiger partial charge in [0.2, 0.25) is 0 Å². The van der Waals surface area contributed by atoms with Crippen LogP contribution >= 0.6 is 23.2 Å². The number of hydrogen-bond acceptors (Lipinski definition) is 4. The predicted molar refractivity (Wildman–Crippen MR) is 68.4 cm³/mol. The maximum atomic E-state index is 12.6. The number of nitriles is 2. The largest absolute Gasteiger partial charge is 0.417 e. The van der Waals surface area contributed by atoms with Crippen LogP contribution in [0.2, 0.25) is 10.0 Å². The van der Waals surface area contributed by atoms with Crippen molar-refractivity contribution in [3.8, 4) is 12.1 Å². The molecule has 0 saturated carbocycles. The predicted octanol–water partition coefficient (Wildman–Crippen LogP) is 4.22. The van der Waals surface area contributed by atoms with E-state index >= 15 is 0 Å². The Hall–Kier alpha value is -1.96. The maximum Gasteiger partial charge on any atom is 0.417 e. The molecule has 0 saturated heterocycles. The molecule has 0 atom stereocenters. The second kappa shape index (κ2) is 6.47. The SMILES string of the molecule is N#CCC(C#N)=NNc1cc(Cl)c(C(F)(F)F)cc1Cl. The highest BCUT2D eigenvalue weighted by atomic mass is 35.5. The van der Waals surface area contributed by atoms with Crippen molar-refractivity contribution in [2.45, 2.75) is 12.6 Å². The summed E-state index contributed by atoms with van der Waals surface area (Å²) in [7, 11) is 0. The van der Waals surface area contributed by atoms with Gasteiger partial charge in [-0.2, -0.15) is 28.8 Å². The Bertz CT molecular complexity index is 626. The third kappa shape index (κ3) is 4.02. The van der Waals surface area contributed by atoms with Crippen molar-refractivity contribution in [2.24, 2.45) is 5.10 Å². The summed E-state index contributed by atoms with van der Waals surface area (Å²) in [4.78, 5) is 0. The van der Waals surface area contributed by atoms with E-state index in [9.17, 15) is 13.2 Å². The van der Waals surface area contributed by atoms with Crippen LogP contribution in [0.15, 0.2) is 17.2 Å². The van der Waals surface area contributed by atoms with E-state index < -0.39 is 16.8 Å². The lowest BCUT2D eigenvalue weighted by molar-refractivity contribution is -0.137. The molecular weight excluding hydrogens is 316 g/mol. The van der Waals surface area contributed by atoms with Gasteiger partial charge < -0.3 is 0 Å². The van der Waals surface area contributed by atoms with Crippen LogP contribution in [0.25, 0.3) is 0 Å². The Morgan fingerprint density at radius 2 is 1.90 bits per heavy atom. The van der Waals surface area contributed by atoms with Crippen LogP contribution in [0, 0.1) is 22.7 Å². The van der Waals surface area contributed by atoms with E-state index in [-0.39, 0.29) is 22.8 Å². The van der Waals surface area contributed by atoms with Crippen molar-refractivity contribution in [3.63, 3.8) is 0 Å². The standard InChI is InChI=1S/C11H5Cl2F3N4/c12-8-4-10(20-19-6(5-18)1-2-17)9(13)3-7(8)11(14,15)16/h3-4,20H,1H2. The molecule has 0 radical (unpaired) electrons. The molecule has 1 aromatic rings. The average Bonchev–Trinajstić information content (AvgIpc) is 2.36. The van der Waals surface area contributed by atoms with E-state index in [2.05, 4.69) is 10.5 Å². The topological polar surface area (TPSA) is 72.0 Å². The first-order valence-electron chi connectivity index (χ1n) is 4.95. The number of hydrogen-bond donors (Lipinski definition) is 1. The minimum absolute atomic E-state index is 0.00430. The molecule has 0 spiro atoms. The highest BCUT2D eigenvalue weighted by Gasteiger charge is 2.34. The summed E-state index contributed by atoms with van der Waals surface area (Å²) in [5.74, 6) is 0. The first-order valence-corrected chi connectivity index (χ1v) is 5.71. The number of rotatable bonds is 3. The number of anilines is 1. The van der Waals surface area contributed by atoms with Gasteiger partial charge in [-0.1, -0.05) is 23.2 Å². The van der Waals surface area contributed by atoms with Crippen molar-refractivity contribution in [2.75, 3.05) is 5.43 Å². The Balaban J connectivity index is 3.09. The zero-order chi connectivity index (χ0) is 15.3. The van der Waals surface area contributed by atoms with E-state index in [1.54, 1.807) is 12.1 Å². The molecule has 0 aliphatic heterocycles. The van der Waals surface area contributed by atoms with E-state index in [4.69, 9.17) is 33.7 Å². The summed E-state index contributed by atoms with van der Waals surface area (Å²) in [5, 5.41) is 19.8. The minimum atomic E-state index is -4.62. The fourth-order valence-electron chi connectivity index (χ4n) is 1.16. The number of halogens is 5. The van der Waals surface area contributed by atoms with E-state index in [0.29, 0.717) is 6.07 Å². The summed E-state index contributed by atoms with van der Waals surface area (Å²) in [6.07, 6.45) is -4.86. The molecule has 1 N–H and O–H groups in total. The van der Waals surface area contributed by atoms with Gasteiger partial charge in [0.15, 0.2) is 5.71 Å². The highest BCUT2D eigenvalue weighted by molar-refractivity contribution is 6.35. The lowest BCUT2D eigenvalue weighted by Gasteiger charge is -2.11. The molecule has 0 unspecified atom stereocenters. The molecule has 0 fully saturated rings. The fraction of sp³-hybridized carbons (Fsp3) is 0.182. The second-order valence-corrected chi connectivity index (χ2v) is 4.24. The molecule has 0 aliphatic rings. The number of nitrogens with one attached hydrogen (secondary N) is 1. The van der Waals surface area contributed by atoms with E-state index in [1.165, 1.54) is 0 Å². The third-order valence-electron chi connectivity index (χ3n) is 2.05. The molecule has 104 valence electrons. The minimum Gasteiger partial charge on any atom is -0.276 e. The van der Waals surface area contributed by atoms with Crippen molar-refractivity contribution in [1.82, 2.24) is 0 Å². The van der Waals surface area contributed by atoms with Crippen molar-refractivity contribution < 1.29 is 13.2 Å². The zero-order valence-electron chi connectivity index (χ0n) is 9.59. The first-order chi connectivity index (χ1) is 9.29. The smallest absolute Gasteiger partial charge is 0.276 e. The molecule has 9 heteroatoms. The summed E-state index contributed by atoms with van der Waals surface area (Å²) in [6, 6.07) is 4.95. The number of nitrogens with zero attached hydrogens (tertiary/aromatic N) is 3. The summed E-state index contributed by atoms with van der Waals surface area (Å²) < 4.78 is 37.7. The average molecular weight is 321 g/mol. The Labute approximate surface area is 122 Å². The molecule has 4 nitrogen and oxygen atoms in total. The third-order valence-corrected chi connectivity index (χ3v) is 2.67. The van der Waals surface area contributed by atoms with Gasteiger partial charge in [0.25, 0.3) is 0 Å². The summed E-state index contributed by atoms with van der Waals surface area (Å²) in [6.45, 7) is 0. The van der Waals surface area contributed by atoms with Gasteiger partial charge in [-0.3, -0.25) is 5.43 Å². The maximum absolute atomic E-state index is 12.6. The van der Waals surface area contributed by atoms with Gasteiger partial charge in [-0.15, -0.1) is 0 Å². The monoisotopic (exact) mass is 320 g/mol. The van der Waals surface area contributed by atoms with Gasteiger partial charge in [0.05, 0.1) is 33.8 Å². The van der Waals surface area contributed by atoms with Crippen LogP contribution in [0.5, 0.6) is 0 Å². The molecule has 0 amide bonds. The lowest BCUT2D eigenvalue weighted by Crippen LogP contribution is -2.07. The van der Waals surface area contributed by atoms with Gasteiger partial charge in [0.1, 0.15) is 6.07 Å². The molecule has 0 aromatic heterocycles. The van der Waals surface area contributed by atoms with Crippen molar-refractivity contribution >= 4 is 34.6 Å². The molecule has 1 aromatic carbocycles. The lowest BCUT2D eigenvalue weighted by atomic mass is 10.2. The quantitative estimate of drug-likeness (QED) is 0.669. The molecule has 1 rings (SSSR count). The first kappa shape index (κ1) is 16.1. The van der Waals surface area contributed by atoms with Gasteiger partial charge in [-0.05, 0) is 12.1 Å². The van der Waals surface area contributed by atoms with Crippen LogP contribution in [0.1, 0.15) is 12.0 Å². The van der Waals surface area contributed by atoms with Gasteiger partial charge in [-0.25, -0.2) is 0 Å². The Kier molecular flexibility index (Phi) is 5.20. The second-order valence-electron chi connectivity index (χ2n) is 3.43. The molecule has 0 bridgehead atoms. The van der Waals surface area contributed by atoms with Crippen LogP contribution in [0.3, 0.4) is 0 Å². The van der Waals surface area contributed by atoms with Gasteiger partial charge in [0, 0.05) is 0 Å². The molecule has 0 heterocycles. The molecule has 20 heavy (non-hydrogen) atoms. The van der Waals surface area contributed by atoms with Crippen LogP contribution in [0.4, 0.5) is 18.9 Å². The highest BCUT2D eigenvalue weighted by Crippen LogP contribution is 2.39. The normalized spacial score (nSPS) is 11.7. The van der Waals surface area contributed by atoms with Crippen LogP contribution in [-0.4, -0.2) is 5.71 Å². The van der Waals surface area contributed by atoms with Crippen LogP contribution < -0.4 is 5.43 Å². The Morgan fingerprint density at radius 1 is 1.25 bits per heavy atom. The summed E-state index contributed by atoms with van der Waals surface area (Å²) in [5.41, 5.74) is 1.08. The van der Waals surface area contributed by atoms with Crippen molar-refractivity contribution in [3.05, 3.63) is 27.7 Å². The molecule has 0 aliphatic carbocycles. The molecular formula is C11H5Cl2F3N4. The fourth-order valence-corrected chi connectivity index (χ4v) is 1.63. The number of alkyl halides is 3. The van der Waals surface area contributed by atoms with E-state index in [1.807, 2.05) is 0 Å². The van der Waals surface area contributed by atoms with Gasteiger partial charge >= 0.3 is 6.18 Å². The van der Waals surface area contributed by atoms with E-state index in [0.717, 1.165) is 6.07 Å². The number of hydrazone groups is 1. The number of benzene rings is 1. The Morgan fingerprint density at radius 3 is 2.40 bits per heavy atom. The van der Waals surface area contributed by atoms with Crippen LogP contribution in [-0.2, 0) is 6.18 Å². The summed E-state index contributed by atoms with van der Waals surface area (Å²) >= 11 is 11.2.